The zero-order valence-corrected chi connectivity index (χ0v) is 12.3. The minimum atomic E-state index is 0.420. The highest BCUT2D eigenvalue weighted by Crippen LogP contribution is 2.59. The summed E-state index contributed by atoms with van der Waals surface area (Å²) in [6, 6.07) is 0. The van der Waals surface area contributed by atoms with Crippen molar-refractivity contribution < 1.29 is 4.79 Å². The maximum atomic E-state index is 11.7. The molecule has 3 aliphatic rings. The predicted octanol–water partition coefficient (Wildman–Crippen LogP) is 4.37. The van der Waals surface area contributed by atoms with Gasteiger partial charge in [0.2, 0.25) is 0 Å². The number of fused-ring (bicyclic) bond motifs is 2. The molecule has 2 saturated carbocycles. The number of carbonyl (C=O) groups is 1. The fourth-order valence-electron chi connectivity index (χ4n) is 4.65. The minimum Gasteiger partial charge on any atom is -0.299 e. The van der Waals surface area contributed by atoms with E-state index in [4.69, 9.17) is 0 Å². The summed E-state index contributed by atoms with van der Waals surface area (Å²) in [5, 5.41) is 0. The van der Waals surface area contributed by atoms with E-state index >= 15 is 0 Å². The fraction of sp³-hybridized carbons (Fsp3) is 0.824. The van der Waals surface area contributed by atoms with E-state index < -0.39 is 0 Å². The summed E-state index contributed by atoms with van der Waals surface area (Å²) in [5.74, 6) is 2.53. The van der Waals surface area contributed by atoms with Crippen LogP contribution >= 0.6 is 0 Å². The highest BCUT2D eigenvalue weighted by Gasteiger charge is 2.50. The van der Waals surface area contributed by atoms with Crippen LogP contribution in [-0.2, 0) is 4.79 Å². The van der Waals surface area contributed by atoms with Crippen molar-refractivity contribution in [1.82, 2.24) is 0 Å². The van der Waals surface area contributed by atoms with Crippen LogP contribution < -0.4 is 0 Å². The van der Waals surface area contributed by atoms with E-state index in [1.165, 1.54) is 24.8 Å². The van der Waals surface area contributed by atoms with Crippen molar-refractivity contribution >= 4 is 5.78 Å². The Balaban J connectivity index is 1.99. The fourth-order valence-corrected chi connectivity index (χ4v) is 4.65. The van der Waals surface area contributed by atoms with E-state index in [1.807, 2.05) is 0 Å². The monoisotopic (exact) mass is 246 g/mol. The molecular weight excluding hydrogens is 220 g/mol. The Hall–Kier alpha value is -0.590. The lowest BCUT2D eigenvalue weighted by Crippen LogP contribution is -2.45. The van der Waals surface area contributed by atoms with Gasteiger partial charge in [-0.1, -0.05) is 39.3 Å². The number of rotatable bonds is 0. The largest absolute Gasteiger partial charge is 0.299 e. The maximum absolute atomic E-state index is 11.7. The van der Waals surface area contributed by atoms with Gasteiger partial charge >= 0.3 is 0 Å². The molecule has 0 aromatic carbocycles. The molecule has 2 fully saturated rings. The third kappa shape index (κ3) is 1.78. The Bertz CT molecular complexity index is 413. The van der Waals surface area contributed by atoms with Gasteiger partial charge in [-0.3, -0.25) is 4.79 Å². The average Bonchev–Trinajstić information content (AvgIpc) is 2.62. The van der Waals surface area contributed by atoms with Gasteiger partial charge in [0.25, 0.3) is 0 Å². The molecule has 0 saturated heterocycles. The van der Waals surface area contributed by atoms with Crippen molar-refractivity contribution in [3.8, 4) is 0 Å². The zero-order chi connectivity index (χ0) is 13.1. The molecule has 18 heavy (non-hydrogen) atoms. The molecular formula is C17H26O. The average molecular weight is 246 g/mol. The van der Waals surface area contributed by atoms with Crippen LogP contribution in [0.15, 0.2) is 11.6 Å². The number of carbonyl (C=O) groups excluding carboxylic acids is 1. The van der Waals surface area contributed by atoms with Crippen molar-refractivity contribution in [2.45, 2.75) is 59.8 Å². The van der Waals surface area contributed by atoms with Crippen molar-refractivity contribution in [3.05, 3.63) is 11.6 Å². The van der Waals surface area contributed by atoms with E-state index in [1.54, 1.807) is 0 Å². The first-order chi connectivity index (χ1) is 8.29. The molecule has 3 atom stereocenters. The summed E-state index contributed by atoms with van der Waals surface area (Å²) in [4.78, 5) is 11.7. The molecule has 0 heterocycles. The number of Topliss-reactive ketones (excluding diaryl/α,β-unsaturated/α-hetero) is 1. The second kappa shape index (κ2) is 3.71. The van der Waals surface area contributed by atoms with Crippen LogP contribution in [0, 0.1) is 28.6 Å². The molecule has 0 aromatic rings. The van der Waals surface area contributed by atoms with Crippen LogP contribution in [0.5, 0.6) is 0 Å². The molecule has 3 unspecified atom stereocenters. The van der Waals surface area contributed by atoms with Crippen molar-refractivity contribution in [2.75, 3.05) is 0 Å². The molecule has 100 valence electrons. The summed E-state index contributed by atoms with van der Waals surface area (Å²) < 4.78 is 0. The van der Waals surface area contributed by atoms with Crippen molar-refractivity contribution in [3.63, 3.8) is 0 Å². The van der Waals surface area contributed by atoms with E-state index in [0.717, 1.165) is 18.8 Å². The summed E-state index contributed by atoms with van der Waals surface area (Å²) >= 11 is 0. The lowest BCUT2D eigenvalue weighted by atomic mass is 9.51. The molecule has 0 spiro atoms. The standard InChI is InChI=1S/C17H26O/c1-16(2)5-6-17(3,4)15-10-12-8-13(18)7-11(12)9-14(15)16/h9,12,14-15H,5-8,10H2,1-4H3. The quantitative estimate of drug-likeness (QED) is 0.580. The van der Waals surface area contributed by atoms with Crippen molar-refractivity contribution in [2.24, 2.45) is 28.6 Å². The smallest absolute Gasteiger partial charge is 0.137 e. The van der Waals surface area contributed by atoms with Gasteiger partial charge in [-0.25, -0.2) is 0 Å². The number of ketones is 1. The molecule has 3 rings (SSSR count). The van der Waals surface area contributed by atoms with Gasteiger partial charge in [0, 0.05) is 12.8 Å². The Kier molecular flexibility index (Phi) is 2.56. The summed E-state index contributed by atoms with van der Waals surface area (Å²) in [6.07, 6.45) is 8.02. The number of allylic oxidation sites excluding steroid dienone is 2. The van der Waals surface area contributed by atoms with E-state index in [-0.39, 0.29) is 0 Å². The van der Waals surface area contributed by atoms with Gasteiger partial charge in [0.15, 0.2) is 0 Å². The molecule has 0 aromatic heterocycles. The van der Waals surface area contributed by atoms with Crippen LogP contribution in [0.2, 0.25) is 0 Å². The molecule has 0 radical (unpaired) electrons. The molecule has 1 heteroatoms. The van der Waals surface area contributed by atoms with Crippen LogP contribution in [-0.4, -0.2) is 5.78 Å². The Morgan fingerprint density at radius 2 is 1.78 bits per heavy atom. The second-order valence-corrected chi connectivity index (χ2v) is 8.20. The normalized spacial score (nSPS) is 41.0. The first-order valence-corrected chi connectivity index (χ1v) is 7.52. The van der Waals surface area contributed by atoms with Crippen LogP contribution in [0.1, 0.15) is 59.8 Å². The van der Waals surface area contributed by atoms with Gasteiger partial charge in [-0.2, -0.15) is 0 Å². The highest BCUT2D eigenvalue weighted by molar-refractivity contribution is 5.85. The van der Waals surface area contributed by atoms with Gasteiger partial charge in [-0.15, -0.1) is 0 Å². The molecule has 3 aliphatic carbocycles. The maximum Gasteiger partial charge on any atom is 0.137 e. The zero-order valence-electron chi connectivity index (χ0n) is 12.3. The van der Waals surface area contributed by atoms with Crippen molar-refractivity contribution in [1.29, 1.82) is 0 Å². The third-order valence-electron chi connectivity index (χ3n) is 6.09. The Morgan fingerprint density at radius 1 is 1.11 bits per heavy atom. The van der Waals surface area contributed by atoms with E-state index in [0.29, 0.717) is 28.4 Å². The summed E-state index contributed by atoms with van der Waals surface area (Å²) in [7, 11) is 0. The summed E-state index contributed by atoms with van der Waals surface area (Å²) in [6.45, 7) is 9.73. The molecule has 0 bridgehead atoms. The molecule has 0 N–H and O–H groups in total. The van der Waals surface area contributed by atoms with Gasteiger partial charge in [0.05, 0.1) is 0 Å². The van der Waals surface area contributed by atoms with Gasteiger partial charge in [0.1, 0.15) is 5.78 Å². The molecule has 0 amide bonds. The van der Waals surface area contributed by atoms with E-state index in [2.05, 4.69) is 33.8 Å². The molecule has 0 aliphatic heterocycles. The Morgan fingerprint density at radius 3 is 2.50 bits per heavy atom. The number of hydrogen-bond donors (Lipinski definition) is 0. The molecule has 1 nitrogen and oxygen atoms in total. The SMILES string of the molecule is CC1(C)CCC(C)(C)C2CC3CC(=O)CC3=CC21. The minimum absolute atomic E-state index is 0.420. The van der Waals surface area contributed by atoms with Crippen LogP contribution in [0.4, 0.5) is 0 Å². The predicted molar refractivity (Wildman–Crippen MR) is 74.2 cm³/mol. The first-order valence-electron chi connectivity index (χ1n) is 7.52. The number of hydrogen-bond acceptors (Lipinski definition) is 1. The van der Waals surface area contributed by atoms with Crippen LogP contribution in [0.3, 0.4) is 0 Å². The first kappa shape index (κ1) is 12.4. The van der Waals surface area contributed by atoms with Gasteiger partial charge in [-0.05, 0) is 47.8 Å². The van der Waals surface area contributed by atoms with E-state index in [9.17, 15) is 4.79 Å². The third-order valence-corrected chi connectivity index (χ3v) is 6.09. The lowest BCUT2D eigenvalue weighted by molar-refractivity contribution is -0.117. The van der Waals surface area contributed by atoms with Gasteiger partial charge < -0.3 is 0 Å². The van der Waals surface area contributed by atoms with Crippen LogP contribution in [0.25, 0.3) is 0 Å². The summed E-state index contributed by atoms with van der Waals surface area (Å²) in [5.41, 5.74) is 2.35. The lowest BCUT2D eigenvalue weighted by Gasteiger charge is -2.54. The second-order valence-electron chi connectivity index (χ2n) is 8.20. The topological polar surface area (TPSA) is 17.1 Å². The Labute approximate surface area is 111 Å². The highest BCUT2D eigenvalue weighted by atomic mass is 16.1.